The fourth-order valence-electron chi connectivity index (χ4n) is 1.28. The maximum Gasteiger partial charge on any atom is 0.152 e. The quantitative estimate of drug-likeness (QED) is 0.765. The molecule has 0 bridgehead atoms. The van der Waals surface area contributed by atoms with Crippen molar-refractivity contribution in [1.29, 1.82) is 5.26 Å². The molecule has 2 aromatic heterocycles. The number of aryl methyl sites for hydroxylation is 1. The van der Waals surface area contributed by atoms with Gasteiger partial charge in [0.15, 0.2) is 5.82 Å². The number of nitrogens with two attached hydrogens (primary N) is 1. The lowest BCUT2D eigenvalue weighted by Gasteiger charge is -2.00. The SMILES string of the molecule is Cc1nc(N)c2c(Br)cc(C#N)n2n1. The molecule has 0 fully saturated rings. The Morgan fingerprint density at radius 1 is 1.64 bits per heavy atom. The van der Waals surface area contributed by atoms with Gasteiger partial charge in [-0.25, -0.2) is 9.50 Å². The van der Waals surface area contributed by atoms with E-state index in [2.05, 4.69) is 26.0 Å². The zero-order valence-corrected chi connectivity index (χ0v) is 8.91. The Balaban J connectivity index is 2.98. The number of anilines is 1. The van der Waals surface area contributed by atoms with Crippen molar-refractivity contribution in [1.82, 2.24) is 14.6 Å². The van der Waals surface area contributed by atoms with E-state index >= 15 is 0 Å². The molecule has 0 spiro atoms. The lowest BCUT2D eigenvalue weighted by atomic mass is 10.4. The van der Waals surface area contributed by atoms with Crippen molar-refractivity contribution in [3.63, 3.8) is 0 Å². The predicted octanol–water partition coefficient (Wildman–Crippen LogP) is 1.25. The van der Waals surface area contributed by atoms with Crippen molar-refractivity contribution in [2.75, 3.05) is 5.73 Å². The average Bonchev–Trinajstić information content (AvgIpc) is 2.42. The highest BCUT2D eigenvalue weighted by Gasteiger charge is 2.11. The second kappa shape index (κ2) is 2.96. The van der Waals surface area contributed by atoms with Crippen LogP contribution in [0.3, 0.4) is 0 Å². The zero-order valence-electron chi connectivity index (χ0n) is 7.32. The average molecular weight is 252 g/mol. The summed E-state index contributed by atoms with van der Waals surface area (Å²) in [5, 5.41) is 12.9. The Morgan fingerprint density at radius 3 is 3.00 bits per heavy atom. The van der Waals surface area contributed by atoms with Crippen LogP contribution in [0, 0.1) is 18.3 Å². The Hall–Kier alpha value is -1.61. The molecule has 2 heterocycles. The first-order chi connectivity index (χ1) is 6.63. The smallest absolute Gasteiger partial charge is 0.152 e. The second-order valence-electron chi connectivity index (χ2n) is 2.79. The van der Waals surface area contributed by atoms with E-state index < -0.39 is 0 Å². The molecule has 0 aliphatic rings. The summed E-state index contributed by atoms with van der Waals surface area (Å²) in [5.74, 6) is 0.903. The molecular formula is C8H6BrN5. The molecule has 0 saturated heterocycles. The molecule has 2 aromatic rings. The van der Waals surface area contributed by atoms with Gasteiger partial charge in [-0.2, -0.15) is 10.4 Å². The van der Waals surface area contributed by atoms with E-state index in [1.165, 1.54) is 4.52 Å². The van der Waals surface area contributed by atoms with E-state index in [1.807, 2.05) is 6.07 Å². The van der Waals surface area contributed by atoms with Crippen LogP contribution in [0.15, 0.2) is 10.5 Å². The van der Waals surface area contributed by atoms with E-state index in [1.54, 1.807) is 13.0 Å². The molecule has 0 radical (unpaired) electrons. The molecule has 2 N–H and O–H groups in total. The van der Waals surface area contributed by atoms with Crippen molar-refractivity contribution in [3.05, 3.63) is 22.1 Å². The summed E-state index contributed by atoms with van der Waals surface area (Å²) < 4.78 is 2.22. The Labute approximate surface area is 88.3 Å². The van der Waals surface area contributed by atoms with Gasteiger partial charge in [0.1, 0.15) is 23.1 Å². The lowest BCUT2D eigenvalue weighted by molar-refractivity contribution is 0.851. The van der Waals surface area contributed by atoms with Crippen LogP contribution in [-0.2, 0) is 0 Å². The first-order valence-electron chi connectivity index (χ1n) is 3.85. The Kier molecular flexibility index (Phi) is 1.89. The van der Waals surface area contributed by atoms with Gasteiger partial charge in [0.25, 0.3) is 0 Å². The summed E-state index contributed by atoms with van der Waals surface area (Å²) >= 11 is 3.30. The van der Waals surface area contributed by atoms with Gasteiger partial charge in [-0.15, -0.1) is 0 Å². The molecule has 0 aliphatic carbocycles. The largest absolute Gasteiger partial charge is 0.382 e. The fraction of sp³-hybridized carbons (Fsp3) is 0.125. The topological polar surface area (TPSA) is 80.0 Å². The van der Waals surface area contributed by atoms with E-state index in [0.717, 1.165) is 4.47 Å². The molecule has 14 heavy (non-hydrogen) atoms. The molecule has 0 aliphatic heterocycles. The van der Waals surface area contributed by atoms with Crippen molar-refractivity contribution >= 4 is 27.3 Å². The predicted molar refractivity (Wildman–Crippen MR) is 54.6 cm³/mol. The third-order valence-corrected chi connectivity index (χ3v) is 2.42. The number of nitriles is 1. The summed E-state index contributed by atoms with van der Waals surface area (Å²) in [4.78, 5) is 4.02. The maximum absolute atomic E-state index is 8.84. The van der Waals surface area contributed by atoms with E-state index in [0.29, 0.717) is 22.9 Å². The normalized spacial score (nSPS) is 10.4. The minimum atomic E-state index is 0.367. The zero-order chi connectivity index (χ0) is 10.3. The molecule has 0 aromatic carbocycles. The van der Waals surface area contributed by atoms with Crippen LogP contribution in [0.25, 0.3) is 5.52 Å². The molecule has 5 nitrogen and oxygen atoms in total. The summed E-state index contributed by atoms with van der Waals surface area (Å²) in [6, 6.07) is 3.70. The first-order valence-corrected chi connectivity index (χ1v) is 4.64. The maximum atomic E-state index is 8.84. The fourth-order valence-corrected chi connectivity index (χ4v) is 1.87. The van der Waals surface area contributed by atoms with Gasteiger partial charge in [0, 0.05) is 4.47 Å². The lowest BCUT2D eigenvalue weighted by Crippen LogP contribution is -2.04. The molecule has 2 rings (SSSR count). The van der Waals surface area contributed by atoms with Crippen LogP contribution in [0.2, 0.25) is 0 Å². The van der Waals surface area contributed by atoms with Gasteiger partial charge in [0.05, 0.1) is 0 Å². The number of nitrogen functional groups attached to an aromatic ring is 1. The molecule has 70 valence electrons. The van der Waals surface area contributed by atoms with Crippen LogP contribution in [0.5, 0.6) is 0 Å². The van der Waals surface area contributed by atoms with Crippen molar-refractivity contribution < 1.29 is 0 Å². The number of hydrogen-bond acceptors (Lipinski definition) is 4. The van der Waals surface area contributed by atoms with Crippen molar-refractivity contribution in [3.8, 4) is 6.07 Å². The summed E-state index contributed by atoms with van der Waals surface area (Å²) in [7, 11) is 0. The first kappa shape index (κ1) is 8.97. The number of rotatable bonds is 0. The molecular weight excluding hydrogens is 246 g/mol. The number of fused-ring (bicyclic) bond motifs is 1. The van der Waals surface area contributed by atoms with Gasteiger partial charge >= 0.3 is 0 Å². The summed E-state index contributed by atoms with van der Waals surface area (Å²) in [6.45, 7) is 1.73. The van der Waals surface area contributed by atoms with Crippen LogP contribution in [-0.4, -0.2) is 14.6 Å². The number of hydrogen-bond donors (Lipinski definition) is 1. The minimum absolute atomic E-state index is 0.367. The van der Waals surface area contributed by atoms with E-state index in [-0.39, 0.29) is 0 Å². The molecule has 0 saturated carbocycles. The standard InChI is InChI=1S/C8H6BrN5/c1-4-12-8(11)7-6(9)2-5(3-10)14(7)13-4/h2H,1H3,(H2,11,12,13). The van der Waals surface area contributed by atoms with Gasteiger partial charge in [0.2, 0.25) is 0 Å². The summed E-state index contributed by atoms with van der Waals surface area (Å²) in [5.41, 5.74) is 6.78. The molecule has 0 unspecified atom stereocenters. The number of halogens is 1. The van der Waals surface area contributed by atoms with E-state index in [9.17, 15) is 0 Å². The van der Waals surface area contributed by atoms with Gasteiger partial charge < -0.3 is 5.73 Å². The highest BCUT2D eigenvalue weighted by Crippen LogP contribution is 2.25. The van der Waals surface area contributed by atoms with Crippen LogP contribution < -0.4 is 5.73 Å². The van der Waals surface area contributed by atoms with Crippen LogP contribution in [0.1, 0.15) is 11.5 Å². The third kappa shape index (κ3) is 1.14. The molecule has 0 amide bonds. The van der Waals surface area contributed by atoms with Crippen LogP contribution >= 0.6 is 15.9 Å². The van der Waals surface area contributed by atoms with Gasteiger partial charge in [-0.1, -0.05) is 0 Å². The second-order valence-corrected chi connectivity index (χ2v) is 3.65. The van der Waals surface area contributed by atoms with E-state index in [4.69, 9.17) is 11.0 Å². The monoisotopic (exact) mass is 251 g/mol. The minimum Gasteiger partial charge on any atom is -0.382 e. The highest BCUT2D eigenvalue weighted by molar-refractivity contribution is 9.10. The third-order valence-electron chi connectivity index (χ3n) is 1.81. The molecule has 0 atom stereocenters. The number of nitrogens with zero attached hydrogens (tertiary/aromatic N) is 4. The molecule has 6 heteroatoms. The number of aromatic nitrogens is 3. The van der Waals surface area contributed by atoms with Gasteiger partial charge in [-0.3, -0.25) is 0 Å². The van der Waals surface area contributed by atoms with Crippen molar-refractivity contribution in [2.24, 2.45) is 0 Å². The Bertz CT molecular complexity index is 551. The van der Waals surface area contributed by atoms with Gasteiger partial charge in [-0.05, 0) is 28.9 Å². The van der Waals surface area contributed by atoms with Crippen LogP contribution in [0.4, 0.5) is 5.82 Å². The van der Waals surface area contributed by atoms with Crippen molar-refractivity contribution in [2.45, 2.75) is 6.92 Å². The summed E-state index contributed by atoms with van der Waals surface area (Å²) in [6.07, 6.45) is 0. The Morgan fingerprint density at radius 2 is 2.36 bits per heavy atom. The highest BCUT2D eigenvalue weighted by atomic mass is 79.9.